The Hall–Kier alpha value is -3.72. The third-order valence-electron chi connectivity index (χ3n) is 5.41. The van der Waals surface area contributed by atoms with Crippen molar-refractivity contribution in [3.8, 4) is 5.88 Å². The Morgan fingerprint density at radius 2 is 2.20 bits per heavy atom. The monoisotopic (exact) mass is 504 g/mol. The molecule has 0 spiro atoms. The first-order chi connectivity index (χ1) is 16.9. The fourth-order valence-electron chi connectivity index (χ4n) is 3.64. The number of hydrogen-bond donors (Lipinski definition) is 3. The quantitative estimate of drug-likeness (QED) is 0.451. The summed E-state index contributed by atoms with van der Waals surface area (Å²) in [7, 11) is 1.56. The lowest BCUT2D eigenvalue weighted by atomic mass is 10.3. The number of ether oxygens (including phenoxy) is 2. The van der Waals surface area contributed by atoms with Crippen molar-refractivity contribution < 1.29 is 28.2 Å². The molecule has 0 bridgehead atoms. The minimum Gasteiger partial charge on any atom is -0.474 e. The summed E-state index contributed by atoms with van der Waals surface area (Å²) in [4.78, 5) is 51.1. The fourth-order valence-corrected chi connectivity index (χ4v) is 4.34. The van der Waals surface area contributed by atoms with Crippen molar-refractivity contribution in [2.24, 2.45) is 0 Å². The first kappa shape index (κ1) is 23.0. The summed E-state index contributed by atoms with van der Waals surface area (Å²) in [5.41, 5.74) is 0.424. The summed E-state index contributed by atoms with van der Waals surface area (Å²) in [6.45, 7) is 1.09. The fraction of sp³-hybridized carbons (Fsp3) is 0.400. The molecule has 15 heteroatoms. The average molecular weight is 505 g/mol. The van der Waals surface area contributed by atoms with Gasteiger partial charge in [0.15, 0.2) is 23.3 Å². The molecule has 1 fully saturated rings. The van der Waals surface area contributed by atoms with Crippen LogP contribution in [0, 0.1) is 5.82 Å². The third-order valence-corrected chi connectivity index (χ3v) is 6.39. The number of pyridine rings is 1. The van der Waals surface area contributed by atoms with Gasteiger partial charge in [0, 0.05) is 26.2 Å². The summed E-state index contributed by atoms with van der Waals surface area (Å²) in [6.07, 6.45) is 0.452. The Morgan fingerprint density at radius 1 is 1.34 bits per heavy atom. The van der Waals surface area contributed by atoms with E-state index in [1.807, 2.05) is 0 Å². The van der Waals surface area contributed by atoms with Gasteiger partial charge >= 0.3 is 6.09 Å². The second-order valence-electron chi connectivity index (χ2n) is 7.84. The maximum absolute atomic E-state index is 14.3. The van der Waals surface area contributed by atoms with Gasteiger partial charge in [0.05, 0.1) is 30.7 Å². The summed E-state index contributed by atoms with van der Waals surface area (Å²) in [5.74, 6) is -0.0261. The molecule has 3 amide bonds. The minimum atomic E-state index is -0.639. The van der Waals surface area contributed by atoms with Crippen LogP contribution in [0.3, 0.4) is 0 Å². The molecular weight excluding hydrogens is 483 g/mol. The van der Waals surface area contributed by atoms with E-state index >= 15 is 0 Å². The molecule has 0 aromatic carbocycles. The van der Waals surface area contributed by atoms with Gasteiger partial charge in [-0.25, -0.2) is 19.2 Å². The highest BCUT2D eigenvalue weighted by Gasteiger charge is 2.34. The van der Waals surface area contributed by atoms with Gasteiger partial charge in [-0.05, 0) is 0 Å². The van der Waals surface area contributed by atoms with Crippen LogP contribution in [0.15, 0.2) is 17.3 Å². The molecular formula is C20H21FN8O5S. The van der Waals surface area contributed by atoms with Crippen LogP contribution >= 0.6 is 11.8 Å². The Bertz CT molecular complexity index is 1200. The number of halogens is 1. The van der Waals surface area contributed by atoms with Crippen LogP contribution in [0.1, 0.15) is 0 Å². The van der Waals surface area contributed by atoms with E-state index < -0.39 is 18.0 Å². The predicted molar refractivity (Wildman–Crippen MR) is 123 cm³/mol. The molecule has 1 saturated heterocycles. The van der Waals surface area contributed by atoms with Gasteiger partial charge in [-0.2, -0.15) is 4.98 Å². The number of amides is 3. The van der Waals surface area contributed by atoms with E-state index in [1.165, 1.54) is 33.8 Å². The smallest absolute Gasteiger partial charge is 0.416 e. The first-order valence-corrected chi connectivity index (χ1v) is 11.7. The lowest BCUT2D eigenvalue weighted by Crippen LogP contribution is -2.37. The number of nitrogens with zero attached hydrogens (tertiary/aromatic N) is 5. The Kier molecular flexibility index (Phi) is 6.25. The average Bonchev–Trinajstić information content (AvgIpc) is 3.21. The van der Waals surface area contributed by atoms with E-state index in [0.29, 0.717) is 35.4 Å². The number of rotatable bonds is 7. The largest absolute Gasteiger partial charge is 0.474 e. The van der Waals surface area contributed by atoms with E-state index in [-0.39, 0.29) is 49.0 Å². The summed E-state index contributed by atoms with van der Waals surface area (Å²) < 4.78 is 25.1. The summed E-state index contributed by atoms with van der Waals surface area (Å²) >= 11 is 1.28. The molecule has 3 aliphatic heterocycles. The zero-order chi connectivity index (χ0) is 24.5. The van der Waals surface area contributed by atoms with Crippen LogP contribution in [0.4, 0.5) is 32.3 Å². The van der Waals surface area contributed by atoms with E-state index in [9.17, 15) is 18.8 Å². The molecule has 2 aromatic rings. The summed E-state index contributed by atoms with van der Waals surface area (Å²) in [6, 6.07) is 1.24. The standard InChI is InChI=1S/C20H21FN8O5S/c1-28-15(31)7-23-12-4-11(21)18(27-17(12)28)33-3-2-22-5-10-8-29(20(32)34-10)13-6-24-19-16(25-13)26-14(30)9-35-19/h4,6,10,22-23H,2-3,5,7-9H2,1H3,(H,25,26,30). The molecule has 5 rings (SSSR count). The van der Waals surface area contributed by atoms with Crippen molar-refractivity contribution >= 4 is 52.8 Å². The van der Waals surface area contributed by atoms with Gasteiger partial charge < -0.3 is 25.4 Å². The van der Waals surface area contributed by atoms with Gasteiger partial charge in [-0.3, -0.25) is 19.4 Å². The summed E-state index contributed by atoms with van der Waals surface area (Å²) in [5, 5.41) is 9.15. The molecule has 5 heterocycles. The minimum absolute atomic E-state index is 0.0760. The zero-order valence-corrected chi connectivity index (χ0v) is 19.4. The lowest BCUT2D eigenvalue weighted by Gasteiger charge is -2.26. The maximum atomic E-state index is 14.3. The van der Waals surface area contributed by atoms with Crippen LogP contribution < -0.4 is 30.5 Å². The number of nitrogens with one attached hydrogen (secondary N) is 3. The third kappa shape index (κ3) is 4.77. The topological polar surface area (TPSA) is 151 Å². The number of carbonyl (C=O) groups is 3. The number of carbonyl (C=O) groups excluding carboxylic acids is 3. The Balaban J connectivity index is 1.11. The predicted octanol–water partition coefficient (Wildman–Crippen LogP) is 0.437. The number of anilines is 4. The number of thioether (sulfide) groups is 1. The van der Waals surface area contributed by atoms with Crippen molar-refractivity contribution in [2.75, 3.05) is 66.0 Å². The van der Waals surface area contributed by atoms with E-state index in [0.717, 1.165) is 0 Å². The molecule has 2 aromatic heterocycles. The Labute approximate surface area is 202 Å². The highest BCUT2D eigenvalue weighted by molar-refractivity contribution is 8.00. The van der Waals surface area contributed by atoms with Crippen molar-refractivity contribution in [2.45, 2.75) is 11.1 Å². The normalized spacial score (nSPS) is 19.0. The molecule has 3 N–H and O–H groups in total. The van der Waals surface area contributed by atoms with E-state index in [4.69, 9.17) is 9.47 Å². The van der Waals surface area contributed by atoms with Crippen molar-refractivity contribution in [1.82, 2.24) is 20.3 Å². The second kappa shape index (κ2) is 9.50. The van der Waals surface area contributed by atoms with Crippen molar-refractivity contribution in [3.63, 3.8) is 0 Å². The maximum Gasteiger partial charge on any atom is 0.416 e. The SMILES string of the molecule is CN1C(=O)CNc2cc(F)c(OCCNCC3CN(c4cnc5c(n4)NC(=O)CS5)C(=O)O3)nc21. The molecule has 1 atom stereocenters. The van der Waals surface area contributed by atoms with Crippen molar-refractivity contribution in [1.29, 1.82) is 0 Å². The molecule has 3 aliphatic rings. The Morgan fingerprint density at radius 3 is 3.06 bits per heavy atom. The number of aromatic nitrogens is 3. The van der Waals surface area contributed by atoms with Crippen LogP contribution in [0.5, 0.6) is 5.88 Å². The number of fused-ring (bicyclic) bond motifs is 2. The van der Waals surface area contributed by atoms with Gasteiger partial charge in [0.1, 0.15) is 17.7 Å². The number of likely N-dealkylation sites (N-methyl/N-ethyl adjacent to an activating group) is 1. The number of hydrogen-bond acceptors (Lipinski definition) is 11. The van der Waals surface area contributed by atoms with Gasteiger partial charge in [0.2, 0.25) is 11.8 Å². The van der Waals surface area contributed by atoms with E-state index in [1.54, 1.807) is 7.05 Å². The highest BCUT2D eigenvalue weighted by atomic mass is 32.2. The molecule has 0 aliphatic carbocycles. The van der Waals surface area contributed by atoms with Crippen LogP contribution in [0.2, 0.25) is 0 Å². The molecule has 0 saturated carbocycles. The van der Waals surface area contributed by atoms with Gasteiger partial charge in [-0.1, -0.05) is 11.8 Å². The highest BCUT2D eigenvalue weighted by Crippen LogP contribution is 2.31. The molecule has 184 valence electrons. The molecule has 13 nitrogen and oxygen atoms in total. The zero-order valence-electron chi connectivity index (χ0n) is 18.5. The van der Waals surface area contributed by atoms with Crippen LogP contribution in [-0.4, -0.2) is 84.5 Å². The van der Waals surface area contributed by atoms with Gasteiger partial charge in [0.25, 0.3) is 5.88 Å². The lowest BCUT2D eigenvalue weighted by molar-refractivity contribution is -0.117. The second-order valence-corrected chi connectivity index (χ2v) is 8.80. The van der Waals surface area contributed by atoms with E-state index in [2.05, 4.69) is 30.9 Å². The van der Waals surface area contributed by atoms with Gasteiger partial charge in [-0.15, -0.1) is 0 Å². The first-order valence-electron chi connectivity index (χ1n) is 10.7. The molecule has 35 heavy (non-hydrogen) atoms. The van der Waals surface area contributed by atoms with Crippen molar-refractivity contribution in [3.05, 3.63) is 18.1 Å². The number of cyclic esters (lactones) is 1. The van der Waals surface area contributed by atoms with Crippen LogP contribution in [-0.2, 0) is 14.3 Å². The molecule has 1 unspecified atom stereocenters. The molecule has 0 radical (unpaired) electrons. The van der Waals surface area contributed by atoms with Crippen LogP contribution in [0.25, 0.3) is 0 Å².